The van der Waals surface area contributed by atoms with Crippen LogP contribution in [0.25, 0.3) is 0 Å². The molecule has 0 heterocycles. The molecule has 0 fully saturated rings. The molecule has 1 rings (SSSR count). The van der Waals surface area contributed by atoms with Crippen molar-refractivity contribution in [3.63, 3.8) is 0 Å². The number of nitrogens with zero attached hydrogens (tertiary/aromatic N) is 1. The van der Waals surface area contributed by atoms with E-state index in [2.05, 4.69) is 17.0 Å². The van der Waals surface area contributed by atoms with Crippen molar-refractivity contribution in [3.05, 3.63) is 35.9 Å². The second-order valence-corrected chi connectivity index (χ2v) is 4.76. The summed E-state index contributed by atoms with van der Waals surface area (Å²) < 4.78 is 0. The van der Waals surface area contributed by atoms with Gasteiger partial charge in [0.1, 0.15) is 0 Å². The van der Waals surface area contributed by atoms with E-state index in [1.165, 1.54) is 5.56 Å². The zero-order chi connectivity index (χ0) is 12.9. The molecule has 0 aliphatic rings. The van der Waals surface area contributed by atoms with E-state index in [1.54, 1.807) is 6.92 Å². The molecule has 0 aliphatic heterocycles. The van der Waals surface area contributed by atoms with Gasteiger partial charge in [-0.3, -0.25) is 4.79 Å². The molecule has 0 bridgehead atoms. The van der Waals surface area contributed by atoms with Crippen molar-refractivity contribution in [1.29, 1.82) is 0 Å². The lowest BCUT2D eigenvalue weighted by Gasteiger charge is -2.24. The van der Waals surface area contributed by atoms with Crippen LogP contribution in [0.3, 0.4) is 0 Å². The minimum atomic E-state index is -0.926. The van der Waals surface area contributed by atoms with E-state index >= 15 is 0 Å². The lowest BCUT2D eigenvalue weighted by molar-refractivity contribution is -0.122. The number of primary amides is 1. The van der Waals surface area contributed by atoms with Crippen molar-refractivity contribution in [1.82, 2.24) is 4.90 Å². The molecule has 0 aromatic heterocycles. The van der Waals surface area contributed by atoms with Gasteiger partial charge in [-0.1, -0.05) is 30.3 Å². The van der Waals surface area contributed by atoms with Gasteiger partial charge in [0.15, 0.2) is 0 Å². The molecule has 1 amide bonds. The lowest BCUT2D eigenvalue weighted by atomic mass is 9.98. The summed E-state index contributed by atoms with van der Waals surface area (Å²) in [6.45, 7) is 3.26. The van der Waals surface area contributed by atoms with Gasteiger partial charge in [0.2, 0.25) is 5.91 Å². The molecule has 1 aromatic carbocycles. The Balaban J connectivity index is 2.41. The molecule has 4 nitrogen and oxygen atoms in total. The number of carbonyl (C=O) groups excluding carboxylic acids is 1. The largest absolute Gasteiger partial charge is 0.368 e. The summed E-state index contributed by atoms with van der Waals surface area (Å²) in [5, 5.41) is 0. The van der Waals surface area contributed by atoms with E-state index in [-0.39, 0.29) is 0 Å². The summed E-state index contributed by atoms with van der Waals surface area (Å²) in [5.41, 5.74) is 11.3. The van der Waals surface area contributed by atoms with Crippen molar-refractivity contribution < 1.29 is 4.79 Å². The van der Waals surface area contributed by atoms with Gasteiger partial charge in [-0.25, -0.2) is 0 Å². The van der Waals surface area contributed by atoms with Crippen LogP contribution in [0.5, 0.6) is 0 Å². The highest BCUT2D eigenvalue weighted by molar-refractivity contribution is 5.83. The third-order valence-electron chi connectivity index (χ3n) is 2.87. The average molecular weight is 235 g/mol. The maximum atomic E-state index is 11.1. The standard InChI is InChI=1S/C13H21N3O/c1-13(15,12(14)17)8-9-16(2)10-11-6-4-3-5-7-11/h3-7H,8-10,15H2,1-2H3,(H2,14,17). The van der Waals surface area contributed by atoms with Crippen LogP contribution in [0.15, 0.2) is 30.3 Å². The van der Waals surface area contributed by atoms with Crippen LogP contribution in [0.4, 0.5) is 0 Å². The Morgan fingerprint density at radius 3 is 2.47 bits per heavy atom. The van der Waals surface area contributed by atoms with E-state index in [0.717, 1.165) is 13.1 Å². The highest BCUT2D eigenvalue weighted by Gasteiger charge is 2.25. The molecular formula is C13H21N3O. The first-order valence-electron chi connectivity index (χ1n) is 5.73. The number of benzene rings is 1. The van der Waals surface area contributed by atoms with E-state index < -0.39 is 11.4 Å². The van der Waals surface area contributed by atoms with Crippen LogP contribution in [0.2, 0.25) is 0 Å². The molecule has 1 atom stereocenters. The quantitative estimate of drug-likeness (QED) is 0.762. The third kappa shape index (κ3) is 4.54. The van der Waals surface area contributed by atoms with E-state index in [9.17, 15) is 4.79 Å². The molecule has 94 valence electrons. The van der Waals surface area contributed by atoms with Gasteiger partial charge in [0.25, 0.3) is 0 Å². The fourth-order valence-corrected chi connectivity index (χ4v) is 1.52. The minimum absolute atomic E-state index is 0.453. The number of rotatable bonds is 6. The molecule has 0 radical (unpaired) electrons. The second-order valence-electron chi connectivity index (χ2n) is 4.76. The van der Waals surface area contributed by atoms with Crippen LogP contribution >= 0.6 is 0 Å². The zero-order valence-electron chi connectivity index (χ0n) is 10.5. The van der Waals surface area contributed by atoms with Crippen LogP contribution in [0, 0.1) is 0 Å². The van der Waals surface area contributed by atoms with Gasteiger partial charge in [0.05, 0.1) is 5.54 Å². The molecule has 4 N–H and O–H groups in total. The molecular weight excluding hydrogens is 214 g/mol. The van der Waals surface area contributed by atoms with Gasteiger partial charge in [0, 0.05) is 13.1 Å². The monoisotopic (exact) mass is 235 g/mol. The summed E-state index contributed by atoms with van der Waals surface area (Å²) >= 11 is 0. The van der Waals surface area contributed by atoms with Crippen LogP contribution < -0.4 is 11.5 Å². The van der Waals surface area contributed by atoms with E-state index in [0.29, 0.717) is 6.42 Å². The summed E-state index contributed by atoms with van der Waals surface area (Å²) in [7, 11) is 2.00. The number of hydrogen-bond donors (Lipinski definition) is 2. The molecule has 0 spiro atoms. The highest BCUT2D eigenvalue weighted by atomic mass is 16.1. The van der Waals surface area contributed by atoms with Crippen molar-refractivity contribution in [2.45, 2.75) is 25.4 Å². The van der Waals surface area contributed by atoms with Gasteiger partial charge >= 0.3 is 0 Å². The molecule has 17 heavy (non-hydrogen) atoms. The van der Waals surface area contributed by atoms with Gasteiger partial charge in [-0.05, 0) is 26.0 Å². The van der Waals surface area contributed by atoms with Crippen LogP contribution in [-0.4, -0.2) is 29.9 Å². The first-order chi connectivity index (χ1) is 7.92. The summed E-state index contributed by atoms with van der Waals surface area (Å²) in [4.78, 5) is 13.2. The van der Waals surface area contributed by atoms with Crippen molar-refractivity contribution >= 4 is 5.91 Å². The van der Waals surface area contributed by atoms with Gasteiger partial charge in [-0.2, -0.15) is 0 Å². The number of hydrogen-bond acceptors (Lipinski definition) is 3. The summed E-state index contributed by atoms with van der Waals surface area (Å²) in [6, 6.07) is 10.2. The summed E-state index contributed by atoms with van der Waals surface area (Å²) in [5.74, 6) is -0.453. The third-order valence-corrected chi connectivity index (χ3v) is 2.87. The Bertz CT molecular complexity index is 362. The maximum absolute atomic E-state index is 11.1. The van der Waals surface area contributed by atoms with Gasteiger partial charge in [-0.15, -0.1) is 0 Å². The summed E-state index contributed by atoms with van der Waals surface area (Å²) in [6.07, 6.45) is 0.561. The molecule has 0 saturated carbocycles. The molecule has 1 aromatic rings. The predicted molar refractivity (Wildman–Crippen MR) is 69.2 cm³/mol. The Hall–Kier alpha value is -1.39. The normalized spacial score (nSPS) is 14.6. The maximum Gasteiger partial charge on any atom is 0.237 e. The lowest BCUT2D eigenvalue weighted by Crippen LogP contribution is -2.50. The Labute approximate surface area is 103 Å². The molecule has 0 aliphatic carbocycles. The van der Waals surface area contributed by atoms with Crippen LogP contribution in [-0.2, 0) is 11.3 Å². The average Bonchev–Trinajstić information content (AvgIpc) is 2.28. The van der Waals surface area contributed by atoms with E-state index in [1.807, 2.05) is 25.2 Å². The highest BCUT2D eigenvalue weighted by Crippen LogP contribution is 2.08. The Morgan fingerprint density at radius 1 is 1.35 bits per heavy atom. The Kier molecular flexibility index (Phi) is 4.66. The van der Waals surface area contributed by atoms with Crippen molar-refractivity contribution in [2.75, 3.05) is 13.6 Å². The first kappa shape index (κ1) is 13.7. The van der Waals surface area contributed by atoms with E-state index in [4.69, 9.17) is 11.5 Å². The smallest absolute Gasteiger partial charge is 0.237 e. The second kappa shape index (κ2) is 5.80. The topological polar surface area (TPSA) is 72.3 Å². The fraction of sp³-hybridized carbons (Fsp3) is 0.462. The first-order valence-corrected chi connectivity index (χ1v) is 5.73. The molecule has 1 unspecified atom stereocenters. The zero-order valence-corrected chi connectivity index (χ0v) is 10.5. The predicted octanol–water partition coefficient (Wildman–Crippen LogP) is 0.711. The van der Waals surface area contributed by atoms with Crippen molar-refractivity contribution in [3.8, 4) is 0 Å². The fourth-order valence-electron chi connectivity index (χ4n) is 1.52. The van der Waals surface area contributed by atoms with Crippen molar-refractivity contribution in [2.24, 2.45) is 11.5 Å². The number of carbonyl (C=O) groups is 1. The minimum Gasteiger partial charge on any atom is -0.368 e. The Morgan fingerprint density at radius 2 is 1.94 bits per heavy atom. The number of nitrogens with two attached hydrogens (primary N) is 2. The molecule has 4 heteroatoms. The molecule has 0 saturated heterocycles. The number of amides is 1. The van der Waals surface area contributed by atoms with Gasteiger partial charge < -0.3 is 16.4 Å². The van der Waals surface area contributed by atoms with Crippen LogP contribution in [0.1, 0.15) is 18.9 Å². The SMILES string of the molecule is CN(CCC(C)(N)C(N)=O)Cc1ccccc1.